The van der Waals surface area contributed by atoms with E-state index in [0.717, 1.165) is 6.07 Å². The van der Waals surface area contributed by atoms with Gasteiger partial charge < -0.3 is 5.11 Å². The minimum Gasteiger partial charge on any atom is -0.481 e. The molecule has 0 bridgehead atoms. The zero-order valence-electron chi connectivity index (χ0n) is 11.4. The summed E-state index contributed by atoms with van der Waals surface area (Å²) in [4.78, 5) is 12.5. The van der Waals surface area contributed by atoms with Crippen LogP contribution in [0.1, 0.15) is 38.8 Å². The maximum atomic E-state index is 13.8. The summed E-state index contributed by atoms with van der Waals surface area (Å²) in [6, 6.07) is 3.72. The molecule has 0 aliphatic carbocycles. The first-order chi connectivity index (χ1) is 8.84. The molecule has 1 atom stereocenters. The third-order valence-electron chi connectivity index (χ3n) is 3.18. The summed E-state index contributed by atoms with van der Waals surface area (Å²) in [5, 5.41) is 8.73. The number of hydrogen-bond donors (Lipinski definition) is 1. The molecule has 1 aromatic carbocycles. The van der Waals surface area contributed by atoms with Crippen LogP contribution in [0.15, 0.2) is 18.2 Å². The second-order valence-corrected chi connectivity index (χ2v) is 4.79. The summed E-state index contributed by atoms with van der Waals surface area (Å²) in [5.41, 5.74) is 0.249. The van der Waals surface area contributed by atoms with Gasteiger partial charge in [-0.05, 0) is 26.8 Å². The predicted molar refractivity (Wildman–Crippen MR) is 68.9 cm³/mol. The summed E-state index contributed by atoms with van der Waals surface area (Å²) in [6.07, 6.45) is -0.0283. The standard InChI is InChI=1S/C14H19F2NO2/c1-9(2)17(8-7-13(18)19)10(3)11-5-4-6-12(15)14(11)16/h4-6,9-10H,7-8H2,1-3H3,(H,18,19). The van der Waals surface area contributed by atoms with E-state index in [0.29, 0.717) is 6.54 Å². The number of hydrogen-bond acceptors (Lipinski definition) is 2. The lowest BCUT2D eigenvalue weighted by Gasteiger charge is -2.32. The second kappa shape index (κ2) is 6.61. The van der Waals surface area contributed by atoms with E-state index in [4.69, 9.17) is 5.11 Å². The molecule has 3 nitrogen and oxygen atoms in total. The number of halogens is 2. The van der Waals surface area contributed by atoms with Crippen LogP contribution in [0, 0.1) is 11.6 Å². The molecular formula is C14H19F2NO2. The molecule has 0 aromatic heterocycles. The van der Waals surface area contributed by atoms with Gasteiger partial charge in [0.05, 0.1) is 6.42 Å². The largest absolute Gasteiger partial charge is 0.481 e. The van der Waals surface area contributed by atoms with Crippen molar-refractivity contribution in [3.05, 3.63) is 35.4 Å². The molecule has 0 radical (unpaired) electrons. The molecule has 0 aliphatic heterocycles. The van der Waals surface area contributed by atoms with Gasteiger partial charge in [0.15, 0.2) is 11.6 Å². The van der Waals surface area contributed by atoms with Gasteiger partial charge >= 0.3 is 5.97 Å². The van der Waals surface area contributed by atoms with E-state index in [2.05, 4.69) is 0 Å². The first kappa shape index (κ1) is 15.6. The van der Waals surface area contributed by atoms with Gasteiger partial charge in [-0.2, -0.15) is 0 Å². The summed E-state index contributed by atoms with van der Waals surface area (Å²) in [7, 11) is 0. The molecule has 1 aromatic rings. The lowest BCUT2D eigenvalue weighted by Crippen LogP contribution is -2.35. The smallest absolute Gasteiger partial charge is 0.304 e. The summed E-state index contributed by atoms with van der Waals surface area (Å²) in [5.74, 6) is -2.65. The third kappa shape index (κ3) is 3.99. The van der Waals surface area contributed by atoms with Gasteiger partial charge in [-0.25, -0.2) is 8.78 Å². The zero-order chi connectivity index (χ0) is 14.6. The molecule has 0 amide bonds. The predicted octanol–water partition coefficient (Wildman–Crippen LogP) is 3.21. The summed E-state index contributed by atoms with van der Waals surface area (Å²) in [6.45, 7) is 5.84. The molecule has 0 saturated carbocycles. The number of carboxylic acids is 1. The molecule has 1 N–H and O–H groups in total. The average Bonchev–Trinajstić information content (AvgIpc) is 2.31. The maximum absolute atomic E-state index is 13.8. The lowest BCUT2D eigenvalue weighted by atomic mass is 10.0. The molecule has 0 saturated heterocycles. The Morgan fingerprint density at radius 1 is 1.32 bits per heavy atom. The summed E-state index contributed by atoms with van der Waals surface area (Å²) < 4.78 is 27.0. The van der Waals surface area contributed by atoms with Crippen molar-refractivity contribution < 1.29 is 18.7 Å². The first-order valence-electron chi connectivity index (χ1n) is 6.26. The SMILES string of the molecule is CC(C)N(CCC(=O)O)C(C)c1cccc(F)c1F. The third-order valence-corrected chi connectivity index (χ3v) is 3.18. The number of carboxylic acid groups (broad SMARTS) is 1. The quantitative estimate of drug-likeness (QED) is 0.863. The Balaban J connectivity index is 2.95. The molecule has 5 heteroatoms. The number of nitrogens with zero attached hydrogens (tertiary/aromatic N) is 1. The van der Waals surface area contributed by atoms with Crippen LogP contribution in [0.4, 0.5) is 8.78 Å². The highest BCUT2D eigenvalue weighted by atomic mass is 19.2. The van der Waals surface area contributed by atoms with Crippen molar-refractivity contribution in [2.75, 3.05) is 6.54 Å². The van der Waals surface area contributed by atoms with Crippen LogP contribution in [0.5, 0.6) is 0 Å². The van der Waals surface area contributed by atoms with Crippen molar-refractivity contribution in [2.45, 2.75) is 39.3 Å². The van der Waals surface area contributed by atoms with E-state index < -0.39 is 17.6 Å². The van der Waals surface area contributed by atoms with Crippen LogP contribution in [0.3, 0.4) is 0 Å². The highest BCUT2D eigenvalue weighted by Gasteiger charge is 2.23. The average molecular weight is 271 g/mol. The number of carbonyl (C=O) groups is 1. The van der Waals surface area contributed by atoms with Gasteiger partial charge in [0.25, 0.3) is 0 Å². The Hall–Kier alpha value is -1.49. The van der Waals surface area contributed by atoms with E-state index >= 15 is 0 Å². The fraction of sp³-hybridized carbons (Fsp3) is 0.500. The molecule has 1 unspecified atom stereocenters. The highest BCUT2D eigenvalue weighted by molar-refractivity contribution is 5.66. The van der Waals surface area contributed by atoms with Gasteiger partial charge in [-0.1, -0.05) is 12.1 Å². The molecule has 0 aliphatic rings. The van der Waals surface area contributed by atoms with E-state index in [-0.39, 0.29) is 24.1 Å². The monoisotopic (exact) mass is 271 g/mol. The van der Waals surface area contributed by atoms with Gasteiger partial charge in [0.1, 0.15) is 0 Å². The van der Waals surface area contributed by atoms with Gasteiger partial charge in [0.2, 0.25) is 0 Å². The summed E-state index contributed by atoms with van der Waals surface area (Å²) >= 11 is 0. The van der Waals surface area contributed by atoms with Crippen molar-refractivity contribution in [3.63, 3.8) is 0 Å². The topological polar surface area (TPSA) is 40.5 Å². The molecule has 0 spiro atoms. The van der Waals surface area contributed by atoms with E-state index in [9.17, 15) is 13.6 Å². The van der Waals surface area contributed by atoms with Gasteiger partial charge in [-0.3, -0.25) is 9.69 Å². The van der Waals surface area contributed by atoms with E-state index in [1.54, 1.807) is 6.92 Å². The fourth-order valence-corrected chi connectivity index (χ4v) is 2.15. The van der Waals surface area contributed by atoms with Crippen LogP contribution in [0.2, 0.25) is 0 Å². The van der Waals surface area contributed by atoms with Gasteiger partial charge in [0, 0.05) is 24.2 Å². The molecule has 0 fully saturated rings. The number of rotatable bonds is 6. The Bertz CT molecular complexity index is 449. The molecule has 19 heavy (non-hydrogen) atoms. The zero-order valence-corrected chi connectivity index (χ0v) is 11.4. The number of benzene rings is 1. The molecule has 0 heterocycles. The first-order valence-corrected chi connectivity index (χ1v) is 6.26. The second-order valence-electron chi connectivity index (χ2n) is 4.79. The van der Waals surface area contributed by atoms with E-state index in [1.165, 1.54) is 12.1 Å². The van der Waals surface area contributed by atoms with E-state index in [1.807, 2.05) is 18.7 Å². The normalized spacial score (nSPS) is 13.0. The van der Waals surface area contributed by atoms with Crippen molar-refractivity contribution in [1.82, 2.24) is 4.90 Å². The van der Waals surface area contributed by atoms with Crippen LogP contribution >= 0.6 is 0 Å². The van der Waals surface area contributed by atoms with Gasteiger partial charge in [-0.15, -0.1) is 0 Å². The van der Waals surface area contributed by atoms with Crippen molar-refractivity contribution in [2.24, 2.45) is 0 Å². The van der Waals surface area contributed by atoms with Crippen LogP contribution in [-0.2, 0) is 4.79 Å². The Morgan fingerprint density at radius 3 is 2.47 bits per heavy atom. The molecule has 1 rings (SSSR count). The fourth-order valence-electron chi connectivity index (χ4n) is 2.15. The Morgan fingerprint density at radius 2 is 1.95 bits per heavy atom. The minimum atomic E-state index is -0.905. The van der Waals surface area contributed by atoms with Crippen LogP contribution in [0.25, 0.3) is 0 Å². The Labute approximate surface area is 111 Å². The van der Waals surface area contributed by atoms with Crippen molar-refractivity contribution in [3.8, 4) is 0 Å². The van der Waals surface area contributed by atoms with Crippen LogP contribution in [-0.4, -0.2) is 28.6 Å². The Kier molecular flexibility index (Phi) is 5.42. The number of aliphatic carboxylic acids is 1. The lowest BCUT2D eigenvalue weighted by molar-refractivity contribution is -0.137. The molecule has 106 valence electrons. The maximum Gasteiger partial charge on any atom is 0.304 e. The molecular weight excluding hydrogens is 252 g/mol. The van der Waals surface area contributed by atoms with Crippen molar-refractivity contribution >= 4 is 5.97 Å². The van der Waals surface area contributed by atoms with Crippen LogP contribution < -0.4 is 0 Å². The highest BCUT2D eigenvalue weighted by Crippen LogP contribution is 2.26. The van der Waals surface area contributed by atoms with Crippen molar-refractivity contribution in [1.29, 1.82) is 0 Å². The minimum absolute atomic E-state index is 0.0283.